The molecule has 24 heavy (non-hydrogen) atoms. The second-order valence-corrected chi connectivity index (χ2v) is 5.50. The number of nitrogens with one attached hydrogen (secondary N) is 1. The van der Waals surface area contributed by atoms with Gasteiger partial charge in [0.05, 0.1) is 16.6 Å². The van der Waals surface area contributed by atoms with E-state index in [0.29, 0.717) is 22.2 Å². The molecule has 0 aliphatic carbocycles. The first-order chi connectivity index (χ1) is 11.8. The van der Waals surface area contributed by atoms with Crippen molar-refractivity contribution in [2.24, 2.45) is 0 Å². The largest absolute Gasteiger partial charge is 0.359 e. The third kappa shape index (κ3) is 2.25. The van der Waals surface area contributed by atoms with Crippen LogP contribution < -0.4 is 5.56 Å². The van der Waals surface area contributed by atoms with Crippen LogP contribution in [-0.4, -0.2) is 15.3 Å². The fraction of sp³-hybridized carbons (Fsp3) is 0. The molecule has 0 radical (unpaired) electrons. The van der Waals surface area contributed by atoms with Crippen molar-refractivity contribution in [2.75, 3.05) is 0 Å². The standard InChI is InChI=1S/C20H14N2O2/c23-18-13-16(20(24)14-7-3-1-4-8-14)19-17(11-12-21-19)22(18)15-9-5-2-6-10-15/h1-13,21H. The van der Waals surface area contributed by atoms with Gasteiger partial charge in [0.2, 0.25) is 0 Å². The molecule has 116 valence electrons. The van der Waals surface area contributed by atoms with E-state index in [2.05, 4.69) is 4.98 Å². The average Bonchev–Trinajstić information content (AvgIpc) is 3.11. The van der Waals surface area contributed by atoms with Crippen LogP contribution in [0.3, 0.4) is 0 Å². The van der Waals surface area contributed by atoms with Crippen molar-refractivity contribution < 1.29 is 4.79 Å². The van der Waals surface area contributed by atoms with Crippen molar-refractivity contribution in [2.45, 2.75) is 0 Å². The Morgan fingerprint density at radius 1 is 0.875 bits per heavy atom. The predicted octanol–water partition coefficient (Wildman–Crippen LogP) is 3.55. The van der Waals surface area contributed by atoms with Gasteiger partial charge in [-0.05, 0) is 18.2 Å². The second kappa shape index (κ2) is 5.66. The third-order valence-electron chi connectivity index (χ3n) is 4.02. The first kappa shape index (κ1) is 14.2. The van der Waals surface area contributed by atoms with Crippen LogP contribution in [0.2, 0.25) is 0 Å². The Labute approximate surface area is 138 Å². The van der Waals surface area contributed by atoms with Crippen LogP contribution in [0.1, 0.15) is 15.9 Å². The maximum atomic E-state index is 12.8. The van der Waals surface area contributed by atoms with Crippen molar-refractivity contribution in [3.8, 4) is 5.69 Å². The molecule has 0 amide bonds. The zero-order valence-corrected chi connectivity index (χ0v) is 12.8. The summed E-state index contributed by atoms with van der Waals surface area (Å²) in [6.45, 7) is 0. The highest BCUT2D eigenvalue weighted by Crippen LogP contribution is 2.21. The highest BCUT2D eigenvalue weighted by Gasteiger charge is 2.17. The number of carbonyl (C=O) groups is 1. The molecule has 0 saturated carbocycles. The van der Waals surface area contributed by atoms with Crippen molar-refractivity contribution >= 4 is 16.8 Å². The summed E-state index contributed by atoms with van der Waals surface area (Å²) in [6, 6.07) is 21.6. The average molecular weight is 314 g/mol. The smallest absolute Gasteiger partial charge is 0.256 e. The molecule has 0 atom stereocenters. The maximum Gasteiger partial charge on any atom is 0.256 e. The van der Waals surface area contributed by atoms with Crippen molar-refractivity contribution in [1.82, 2.24) is 9.55 Å². The Hall–Kier alpha value is -3.40. The van der Waals surface area contributed by atoms with Gasteiger partial charge in [0.1, 0.15) is 0 Å². The van der Waals surface area contributed by atoms with Crippen LogP contribution in [0.25, 0.3) is 16.7 Å². The molecule has 2 aromatic carbocycles. The molecule has 0 aliphatic rings. The van der Waals surface area contributed by atoms with Crippen LogP contribution in [0.15, 0.2) is 83.8 Å². The maximum absolute atomic E-state index is 12.8. The van der Waals surface area contributed by atoms with Gasteiger partial charge in [-0.3, -0.25) is 14.2 Å². The van der Waals surface area contributed by atoms with E-state index in [0.717, 1.165) is 5.69 Å². The number of carbonyl (C=O) groups excluding carboxylic acids is 1. The lowest BCUT2D eigenvalue weighted by atomic mass is 10.0. The molecule has 4 rings (SSSR count). The van der Waals surface area contributed by atoms with Gasteiger partial charge in [0.15, 0.2) is 5.78 Å². The minimum atomic E-state index is -0.229. The number of H-pyrrole nitrogens is 1. The van der Waals surface area contributed by atoms with Gasteiger partial charge < -0.3 is 4.98 Å². The number of rotatable bonds is 3. The summed E-state index contributed by atoms with van der Waals surface area (Å²) in [5.74, 6) is -0.166. The minimum absolute atomic E-state index is 0.166. The Morgan fingerprint density at radius 2 is 1.54 bits per heavy atom. The SMILES string of the molecule is O=C(c1ccccc1)c1cc(=O)n(-c2ccccc2)c2cc[nH]c12. The van der Waals surface area contributed by atoms with Gasteiger partial charge in [-0.1, -0.05) is 48.5 Å². The van der Waals surface area contributed by atoms with Crippen LogP contribution in [0.4, 0.5) is 0 Å². The van der Waals surface area contributed by atoms with Gasteiger partial charge in [0, 0.05) is 23.5 Å². The van der Waals surface area contributed by atoms with E-state index in [1.807, 2.05) is 54.6 Å². The topological polar surface area (TPSA) is 54.9 Å². The number of nitrogens with zero attached hydrogens (tertiary/aromatic N) is 1. The number of fused-ring (bicyclic) bond motifs is 1. The molecule has 0 unspecified atom stereocenters. The molecule has 4 aromatic rings. The summed E-state index contributed by atoms with van der Waals surface area (Å²) in [5, 5.41) is 0. The molecule has 0 saturated heterocycles. The van der Waals surface area contributed by atoms with Crippen LogP contribution in [0.5, 0.6) is 0 Å². The van der Waals surface area contributed by atoms with Gasteiger partial charge in [0.25, 0.3) is 5.56 Å². The fourth-order valence-corrected chi connectivity index (χ4v) is 2.91. The number of pyridine rings is 1. The summed E-state index contributed by atoms with van der Waals surface area (Å²) in [4.78, 5) is 28.6. The third-order valence-corrected chi connectivity index (χ3v) is 4.02. The lowest BCUT2D eigenvalue weighted by Crippen LogP contribution is -2.20. The molecule has 2 heterocycles. The first-order valence-corrected chi connectivity index (χ1v) is 7.64. The van der Waals surface area contributed by atoms with E-state index in [4.69, 9.17) is 0 Å². The van der Waals surface area contributed by atoms with E-state index in [9.17, 15) is 9.59 Å². The van der Waals surface area contributed by atoms with E-state index < -0.39 is 0 Å². The molecule has 0 bridgehead atoms. The molecular weight excluding hydrogens is 300 g/mol. The lowest BCUT2D eigenvalue weighted by Gasteiger charge is -2.10. The normalized spacial score (nSPS) is 10.8. The number of para-hydroxylation sites is 1. The summed E-state index contributed by atoms with van der Waals surface area (Å²) in [6.07, 6.45) is 1.74. The predicted molar refractivity (Wildman–Crippen MR) is 93.8 cm³/mol. The zero-order chi connectivity index (χ0) is 16.5. The highest BCUT2D eigenvalue weighted by atomic mass is 16.1. The van der Waals surface area contributed by atoms with E-state index >= 15 is 0 Å². The molecule has 0 spiro atoms. The summed E-state index contributed by atoms with van der Waals surface area (Å²) < 4.78 is 1.60. The molecule has 0 fully saturated rings. The van der Waals surface area contributed by atoms with Crippen LogP contribution in [-0.2, 0) is 0 Å². The number of hydrogen-bond donors (Lipinski definition) is 1. The Kier molecular flexibility index (Phi) is 3.35. The molecular formula is C20H14N2O2. The van der Waals surface area contributed by atoms with Gasteiger partial charge >= 0.3 is 0 Å². The summed E-state index contributed by atoms with van der Waals surface area (Å²) >= 11 is 0. The monoisotopic (exact) mass is 314 g/mol. The molecule has 4 heteroatoms. The molecule has 2 aromatic heterocycles. The first-order valence-electron chi connectivity index (χ1n) is 7.64. The van der Waals surface area contributed by atoms with Crippen molar-refractivity contribution in [1.29, 1.82) is 0 Å². The molecule has 0 aliphatic heterocycles. The zero-order valence-electron chi connectivity index (χ0n) is 12.8. The molecule has 4 nitrogen and oxygen atoms in total. The number of benzene rings is 2. The Balaban J connectivity index is 1.97. The summed E-state index contributed by atoms with van der Waals surface area (Å²) in [7, 11) is 0. The lowest BCUT2D eigenvalue weighted by molar-refractivity contribution is 0.104. The van der Waals surface area contributed by atoms with Gasteiger partial charge in [-0.25, -0.2) is 0 Å². The Bertz CT molecular complexity index is 1080. The summed E-state index contributed by atoms with van der Waals surface area (Å²) in [5.41, 5.74) is 2.84. The van der Waals surface area contributed by atoms with Crippen LogP contribution in [0, 0.1) is 0 Å². The van der Waals surface area contributed by atoms with Gasteiger partial charge in [-0.2, -0.15) is 0 Å². The van der Waals surface area contributed by atoms with Crippen molar-refractivity contribution in [3.63, 3.8) is 0 Å². The minimum Gasteiger partial charge on any atom is -0.359 e. The van der Waals surface area contributed by atoms with E-state index in [1.54, 1.807) is 22.9 Å². The molecule has 1 N–H and O–H groups in total. The van der Waals surface area contributed by atoms with E-state index in [1.165, 1.54) is 6.07 Å². The van der Waals surface area contributed by atoms with Crippen LogP contribution >= 0.6 is 0 Å². The quantitative estimate of drug-likeness (QED) is 0.588. The number of aromatic nitrogens is 2. The second-order valence-electron chi connectivity index (χ2n) is 5.50. The van der Waals surface area contributed by atoms with E-state index in [-0.39, 0.29) is 11.3 Å². The Morgan fingerprint density at radius 3 is 2.25 bits per heavy atom. The number of ketones is 1. The number of hydrogen-bond acceptors (Lipinski definition) is 2. The van der Waals surface area contributed by atoms with Crippen molar-refractivity contribution in [3.05, 3.63) is 100 Å². The van der Waals surface area contributed by atoms with Gasteiger partial charge in [-0.15, -0.1) is 0 Å². The highest BCUT2D eigenvalue weighted by molar-refractivity contribution is 6.15. The fourth-order valence-electron chi connectivity index (χ4n) is 2.91. The number of aromatic amines is 1.